The van der Waals surface area contributed by atoms with Crippen molar-refractivity contribution in [3.05, 3.63) is 72.6 Å². The van der Waals surface area contributed by atoms with E-state index in [1.54, 1.807) is 24.3 Å². The number of anilines is 2. The number of amides is 1. The number of hydroxylamine groups is 2. The summed E-state index contributed by atoms with van der Waals surface area (Å²) in [5, 5.41) is 4.61. The summed E-state index contributed by atoms with van der Waals surface area (Å²) < 4.78 is 5.66. The second-order valence-electron chi connectivity index (χ2n) is 9.11. The largest absolute Gasteiger partial charge is 0.494 e. The first kappa shape index (κ1) is 27.0. The molecule has 38 heavy (non-hydrogen) atoms. The highest BCUT2D eigenvalue weighted by Crippen LogP contribution is 2.39. The van der Waals surface area contributed by atoms with Gasteiger partial charge in [-0.05, 0) is 24.8 Å². The molecule has 2 fully saturated rings. The normalized spacial score (nSPS) is 18.9. The van der Waals surface area contributed by atoms with Crippen LogP contribution in [0.15, 0.2) is 72.0 Å². The van der Waals surface area contributed by atoms with E-state index >= 15 is 0 Å². The molecule has 2 heterocycles. The van der Waals surface area contributed by atoms with Gasteiger partial charge in [0.15, 0.2) is 0 Å². The smallest absolute Gasteiger partial charge is 0.247 e. The van der Waals surface area contributed by atoms with Gasteiger partial charge in [-0.15, -0.1) is 0 Å². The Bertz CT molecular complexity index is 1190. The number of amidine groups is 1. The molecule has 0 aliphatic carbocycles. The van der Waals surface area contributed by atoms with Gasteiger partial charge in [0.2, 0.25) is 5.91 Å². The van der Waals surface area contributed by atoms with E-state index in [2.05, 4.69) is 39.2 Å². The van der Waals surface area contributed by atoms with Crippen LogP contribution in [0, 0.1) is 0 Å². The number of nitrogens with two attached hydrogens (primary N) is 2. The standard InChI is InChI=1S/C27H36N8O3/c1-4-27(36)31-20-16-21(24(37-3)17-23(20)34-13-11-33(2)12-14-34)30-25(28)18-26(32-29)35-22(10-15-38-35)19-8-6-5-7-9-19/h4-9,16-18,22,32H,1,10-15,29H2,2-3H3,(H2,28,30)(H,31,36)/b26-18+/t22-/m1/s1. The molecule has 202 valence electrons. The van der Waals surface area contributed by atoms with Crippen molar-refractivity contribution in [3.8, 4) is 5.75 Å². The second kappa shape index (κ2) is 12.5. The van der Waals surface area contributed by atoms with Crippen molar-refractivity contribution < 1.29 is 14.4 Å². The number of benzene rings is 2. The summed E-state index contributed by atoms with van der Waals surface area (Å²) in [5.74, 6) is 6.70. The molecule has 2 aliphatic heterocycles. The summed E-state index contributed by atoms with van der Waals surface area (Å²) in [4.78, 5) is 27.2. The van der Waals surface area contributed by atoms with E-state index < -0.39 is 0 Å². The Morgan fingerprint density at radius 2 is 1.95 bits per heavy atom. The monoisotopic (exact) mass is 520 g/mol. The number of methoxy groups -OCH3 is 1. The quantitative estimate of drug-likeness (QED) is 0.129. The first-order chi connectivity index (χ1) is 18.4. The Morgan fingerprint density at radius 1 is 1.21 bits per heavy atom. The van der Waals surface area contributed by atoms with Gasteiger partial charge in [-0.25, -0.2) is 15.9 Å². The van der Waals surface area contributed by atoms with Crippen LogP contribution in [0.25, 0.3) is 0 Å². The zero-order chi connectivity index (χ0) is 27.1. The molecule has 4 rings (SSSR count). The Morgan fingerprint density at radius 3 is 2.61 bits per heavy atom. The fraction of sp³-hybridized carbons (Fsp3) is 0.333. The van der Waals surface area contributed by atoms with Crippen LogP contribution in [-0.4, -0.2) is 68.6 Å². The molecule has 1 amide bonds. The average Bonchev–Trinajstić information content (AvgIpc) is 3.43. The minimum absolute atomic E-state index is 0.0237. The Kier molecular flexibility index (Phi) is 8.85. The zero-order valence-corrected chi connectivity index (χ0v) is 21.9. The first-order valence-electron chi connectivity index (χ1n) is 12.5. The molecule has 6 N–H and O–H groups in total. The average molecular weight is 521 g/mol. The second-order valence-corrected chi connectivity index (χ2v) is 9.11. The summed E-state index contributed by atoms with van der Waals surface area (Å²) in [5.41, 5.74) is 12.0. The third-order valence-electron chi connectivity index (χ3n) is 6.59. The maximum absolute atomic E-state index is 12.2. The SMILES string of the molecule is C=CC(=O)Nc1cc(N=C(N)/C=C(\NN)N2OCC[C@@H]2c2ccccc2)c(OC)cc1N1CCN(C)CC1. The maximum Gasteiger partial charge on any atom is 0.247 e. The fourth-order valence-corrected chi connectivity index (χ4v) is 4.57. The van der Waals surface area contributed by atoms with E-state index in [0.717, 1.165) is 43.9 Å². The highest BCUT2D eigenvalue weighted by molar-refractivity contribution is 6.02. The van der Waals surface area contributed by atoms with E-state index in [1.807, 2.05) is 36.4 Å². The molecule has 0 unspecified atom stereocenters. The molecule has 0 radical (unpaired) electrons. The molecule has 0 saturated carbocycles. The van der Waals surface area contributed by atoms with Crippen LogP contribution in [0.3, 0.4) is 0 Å². The van der Waals surface area contributed by atoms with Crippen molar-refractivity contribution in [2.75, 3.05) is 57.2 Å². The van der Waals surface area contributed by atoms with E-state index in [-0.39, 0.29) is 17.8 Å². The van der Waals surface area contributed by atoms with Gasteiger partial charge in [0, 0.05) is 44.7 Å². The molecule has 2 aliphatic rings. The molecule has 2 aromatic carbocycles. The fourth-order valence-electron chi connectivity index (χ4n) is 4.57. The van der Waals surface area contributed by atoms with E-state index in [4.69, 9.17) is 21.2 Å². The summed E-state index contributed by atoms with van der Waals surface area (Å²) in [7, 11) is 3.66. The summed E-state index contributed by atoms with van der Waals surface area (Å²) >= 11 is 0. The number of piperazine rings is 1. The third-order valence-corrected chi connectivity index (χ3v) is 6.59. The maximum atomic E-state index is 12.2. The van der Waals surface area contributed by atoms with Crippen molar-refractivity contribution in [2.45, 2.75) is 12.5 Å². The number of ether oxygens (including phenoxy) is 1. The first-order valence-corrected chi connectivity index (χ1v) is 12.5. The highest BCUT2D eigenvalue weighted by Gasteiger charge is 2.29. The van der Waals surface area contributed by atoms with Gasteiger partial charge in [-0.3, -0.25) is 9.63 Å². The highest BCUT2D eigenvalue weighted by atomic mass is 16.7. The predicted molar refractivity (Wildman–Crippen MR) is 150 cm³/mol. The predicted octanol–water partition coefficient (Wildman–Crippen LogP) is 2.24. The molecule has 0 aromatic heterocycles. The van der Waals surface area contributed by atoms with Gasteiger partial charge in [0.25, 0.3) is 0 Å². The molecular formula is C27H36N8O3. The number of likely N-dealkylation sites (N-methyl/N-ethyl adjacent to an activating group) is 1. The third kappa shape index (κ3) is 6.25. The van der Waals surface area contributed by atoms with Crippen molar-refractivity contribution in [3.63, 3.8) is 0 Å². The lowest BCUT2D eigenvalue weighted by Crippen LogP contribution is -2.44. The van der Waals surface area contributed by atoms with Crippen LogP contribution >= 0.6 is 0 Å². The zero-order valence-electron chi connectivity index (χ0n) is 21.9. The lowest BCUT2D eigenvalue weighted by Gasteiger charge is -2.35. The molecule has 1 atom stereocenters. The van der Waals surface area contributed by atoms with Crippen molar-refractivity contribution in [1.29, 1.82) is 0 Å². The number of carbonyl (C=O) groups excluding carboxylic acids is 1. The minimum Gasteiger partial charge on any atom is -0.494 e. The van der Waals surface area contributed by atoms with E-state index in [1.165, 1.54) is 6.08 Å². The molecule has 11 heteroatoms. The molecule has 11 nitrogen and oxygen atoms in total. The number of nitrogens with zero attached hydrogens (tertiary/aromatic N) is 4. The minimum atomic E-state index is -0.318. The van der Waals surface area contributed by atoms with Crippen molar-refractivity contribution in [2.24, 2.45) is 16.6 Å². The Labute approximate surface area is 223 Å². The molecule has 2 saturated heterocycles. The van der Waals surface area contributed by atoms with Crippen LogP contribution < -0.4 is 32.0 Å². The number of hydrogen-bond donors (Lipinski definition) is 4. The lowest BCUT2D eigenvalue weighted by atomic mass is 10.0. The Balaban J connectivity index is 1.66. The Hall–Kier alpha value is -4.06. The van der Waals surface area contributed by atoms with Gasteiger partial charge in [0.1, 0.15) is 23.1 Å². The molecule has 2 aromatic rings. The van der Waals surface area contributed by atoms with Crippen LogP contribution in [0.5, 0.6) is 5.75 Å². The van der Waals surface area contributed by atoms with Crippen LogP contribution in [-0.2, 0) is 9.63 Å². The van der Waals surface area contributed by atoms with E-state index in [0.29, 0.717) is 29.6 Å². The van der Waals surface area contributed by atoms with Gasteiger partial charge in [0.05, 0.1) is 31.1 Å². The summed E-state index contributed by atoms with van der Waals surface area (Å²) in [6.07, 6.45) is 3.64. The van der Waals surface area contributed by atoms with Crippen LogP contribution in [0.2, 0.25) is 0 Å². The van der Waals surface area contributed by atoms with Gasteiger partial charge in [-0.2, -0.15) is 0 Å². The number of hydrazine groups is 1. The molecular weight excluding hydrogens is 484 g/mol. The van der Waals surface area contributed by atoms with Crippen molar-refractivity contribution in [1.82, 2.24) is 15.4 Å². The molecule has 0 spiro atoms. The van der Waals surface area contributed by atoms with Crippen LogP contribution in [0.1, 0.15) is 18.0 Å². The lowest BCUT2D eigenvalue weighted by molar-refractivity contribution is -0.111. The van der Waals surface area contributed by atoms with Crippen molar-refractivity contribution >= 4 is 28.8 Å². The number of aliphatic imine (C=N–C) groups is 1. The van der Waals surface area contributed by atoms with Crippen LogP contribution in [0.4, 0.5) is 17.1 Å². The molecule has 0 bridgehead atoms. The number of carbonyl (C=O) groups is 1. The number of nitrogens with one attached hydrogen (secondary N) is 2. The van der Waals surface area contributed by atoms with Gasteiger partial charge >= 0.3 is 0 Å². The van der Waals surface area contributed by atoms with Gasteiger partial charge < -0.3 is 31.0 Å². The topological polar surface area (TPSA) is 134 Å². The summed E-state index contributed by atoms with van der Waals surface area (Å²) in [6, 6.07) is 13.6. The number of rotatable bonds is 9. The van der Waals surface area contributed by atoms with E-state index in [9.17, 15) is 4.79 Å². The van der Waals surface area contributed by atoms with Gasteiger partial charge in [-0.1, -0.05) is 36.9 Å². The summed E-state index contributed by atoms with van der Waals surface area (Å²) in [6.45, 7) is 7.56. The number of hydrogen-bond acceptors (Lipinski definition) is 9.